The summed E-state index contributed by atoms with van der Waals surface area (Å²) in [6.45, 7) is 4.09. The Hall–Kier alpha value is -2.99. The van der Waals surface area contributed by atoms with Crippen molar-refractivity contribution in [1.29, 1.82) is 0 Å². The Kier molecular flexibility index (Phi) is 5.25. The van der Waals surface area contributed by atoms with Crippen LogP contribution in [0, 0.1) is 6.92 Å². The van der Waals surface area contributed by atoms with Crippen LogP contribution in [-0.4, -0.2) is 28.2 Å². The zero-order valence-electron chi connectivity index (χ0n) is 15.4. The average molecular weight is 361 g/mol. The van der Waals surface area contributed by atoms with E-state index in [-0.39, 0.29) is 0 Å². The Balaban J connectivity index is 1.51. The van der Waals surface area contributed by atoms with Crippen LogP contribution in [0.15, 0.2) is 53.3 Å². The second-order valence-corrected chi connectivity index (χ2v) is 6.74. The molecule has 3 aromatic rings. The number of hydrogen-bond acceptors (Lipinski definition) is 6. The topological polar surface area (TPSA) is 75.9 Å². The molecule has 6 heteroatoms. The second kappa shape index (κ2) is 8.14. The number of rotatable bonds is 5. The third kappa shape index (κ3) is 4.23. The van der Waals surface area contributed by atoms with Crippen LogP contribution in [-0.2, 0) is 0 Å². The second-order valence-electron chi connectivity index (χ2n) is 6.74. The molecule has 1 aromatic carbocycles. The number of anilines is 1. The van der Waals surface area contributed by atoms with Crippen LogP contribution in [0.4, 0.5) is 5.82 Å². The molecule has 0 aliphatic carbocycles. The number of aromatic nitrogens is 3. The van der Waals surface area contributed by atoms with Crippen molar-refractivity contribution in [2.24, 2.45) is 0 Å². The first-order valence-electron chi connectivity index (χ1n) is 9.29. The fourth-order valence-corrected chi connectivity index (χ4v) is 3.21. The maximum atomic E-state index is 5.54. The Bertz CT molecular complexity index is 913. The Morgan fingerprint density at radius 3 is 2.89 bits per heavy atom. The van der Waals surface area contributed by atoms with Crippen molar-refractivity contribution in [2.45, 2.75) is 25.7 Å². The van der Waals surface area contributed by atoms with Gasteiger partial charge in [-0.25, -0.2) is 4.98 Å². The van der Waals surface area contributed by atoms with Gasteiger partial charge in [0.05, 0.1) is 0 Å². The van der Waals surface area contributed by atoms with E-state index in [2.05, 4.69) is 44.8 Å². The van der Waals surface area contributed by atoms with E-state index in [1.165, 1.54) is 5.56 Å². The van der Waals surface area contributed by atoms with Gasteiger partial charge in [0, 0.05) is 23.9 Å². The van der Waals surface area contributed by atoms with E-state index in [9.17, 15) is 0 Å². The average Bonchev–Trinajstić information content (AvgIpc) is 3.21. The number of hydrogen-bond donors (Lipinski definition) is 2. The lowest BCUT2D eigenvalue weighted by atomic mass is 9.98. The van der Waals surface area contributed by atoms with E-state index in [4.69, 9.17) is 4.52 Å². The van der Waals surface area contributed by atoms with Crippen molar-refractivity contribution in [3.05, 3.63) is 65.8 Å². The zero-order valence-corrected chi connectivity index (χ0v) is 15.4. The van der Waals surface area contributed by atoms with Gasteiger partial charge in [0.2, 0.25) is 11.7 Å². The van der Waals surface area contributed by atoms with E-state index in [0.29, 0.717) is 11.7 Å². The molecule has 2 aromatic heterocycles. The summed E-state index contributed by atoms with van der Waals surface area (Å²) in [5.74, 6) is 2.57. The van der Waals surface area contributed by atoms with E-state index in [1.807, 2.05) is 36.5 Å². The SMILES string of the molecule is Cc1ccc(-c2noc(C3CCNCC3)n2)cc1/C=C/Nc1ccccn1. The highest BCUT2D eigenvalue weighted by atomic mass is 16.5. The summed E-state index contributed by atoms with van der Waals surface area (Å²) in [6, 6.07) is 12.0. The van der Waals surface area contributed by atoms with E-state index in [1.54, 1.807) is 6.20 Å². The highest BCUT2D eigenvalue weighted by molar-refractivity contribution is 5.65. The van der Waals surface area contributed by atoms with Gasteiger partial charge in [-0.1, -0.05) is 23.4 Å². The standard InChI is InChI=1S/C21H23N5O/c1-15-5-6-18(14-17(15)9-13-24-19-4-2-3-10-23-19)20-25-21(27-26-20)16-7-11-22-12-8-16/h2-6,9-10,13-14,16,22H,7-8,11-12H2,1H3,(H,23,24)/b13-9+. The fourth-order valence-electron chi connectivity index (χ4n) is 3.21. The molecule has 138 valence electrons. The molecule has 3 heterocycles. The molecule has 0 radical (unpaired) electrons. The minimum atomic E-state index is 0.361. The third-order valence-electron chi connectivity index (χ3n) is 4.83. The lowest BCUT2D eigenvalue weighted by Gasteiger charge is -2.18. The molecule has 0 unspecified atom stereocenters. The molecule has 0 saturated carbocycles. The number of benzene rings is 1. The summed E-state index contributed by atoms with van der Waals surface area (Å²) in [7, 11) is 0. The van der Waals surface area contributed by atoms with Crippen LogP contribution in [0.5, 0.6) is 0 Å². The minimum Gasteiger partial charge on any atom is -0.347 e. The minimum absolute atomic E-state index is 0.361. The molecular formula is C21H23N5O. The van der Waals surface area contributed by atoms with Crippen LogP contribution >= 0.6 is 0 Å². The highest BCUT2D eigenvalue weighted by Crippen LogP contribution is 2.27. The maximum absolute atomic E-state index is 5.54. The van der Waals surface area contributed by atoms with Crippen molar-refractivity contribution in [3.63, 3.8) is 0 Å². The molecule has 1 aliphatic rings. The molecule has 27 heavy (non-hydrogen) atoms. The van der Waals surface area contributed by atoms with Crippen LogP contribution in [0.1, 0.15) is 35.8 Å². The summed E-state index contributed by atoms with van der Waals surface area (Å²) in [6.07, 6.45) is 7.77. The van der Waals surface area contributed by atoms with Gasteiger partial charge >= 0.3 is 0 Å². The van der Waals surface area contributed by atoms with Crippen LogP contribution in [0.2, 0.25) is 0 Å². The Labute approximate surface area is 158 Å². The first-order valence-corrected chi connectivity index (χ1v) is 9.29. The number of nitrogens with one attached hydrogen (secondary N) is 2. The molecule has 2 N–H and O–H groups in total. The van der Waals surface area contributed by atoms with Gasteiger partial charge in [0.15, 0.2) is 0 Å². The van der Waals surface area contributed by atoms with Gasteiger partial charge < -0.3 is 15.2 Å². The normalized spacial score (nSPS) is 15.3. The quantitative estimate of drug-likeness (QED) is 0.716. The van der Waals surface area contributed by atoms with Crippen LogP contribution in [0.3, 0.4) is 0 Å². The summed E-state index contributed by atoms with van der Waals surface area (Å²) in [5, 5.41) is 10.7. The summed E-state index contributed by atoms with van der Waals surface area (Å²) in [5.41, 5.74) is 3.24. The Morgan fingerprint density at radius 1 is 1.19 bits per heavy atom. The molecule has 1 fully saturated rings. The molecular weight excluding hydrogens is 338 g/mol. The van der Waals surface area contributed by atoms with Crippen molar-refractivity contribution < 1.29 is 4.52 Å². The molecule has 1 saturated heterocycles. The summed E-state index contributed by atoms with van der Waals surface area (Å²) < 4.78 is 5.54. The van der Waals surface area contributed by atoms with Crippen LogP contribution < -0.4 is 10.6 Å². The lowest BCUT2D eigenvalue weighted by molar-refractivity contribution is 0.320. The van der Waals surface area contributed by atoms with Crippen molar-refractivity contribution in [3.8, 4) is 11.4 Å². The van der Waals surface area contributed by atoms with Gasteiger partial charge in [-0.15, -0.1) is 0 Å². The molecule has 0 amide bonds. The lowest BCUT2D eigenvalue weighted by Crippen LogP contribution is -2.26. The molecule has 6 nitrogen and oxygen atoms in total. The predicted octanol–water partition coefficient (Wildman–Crippen LogP) is 3.99. The van der Waals surface area contributed by atoms with Crippen LogP contribution in [0.25, 0.3) is 17.5 Å². The molecule has 0 bridgehead atoms. The van der Waals surface area contributed by atoms with Gasteiger partial charge in [0.1, 0.15) is 5.82 Å². The van der Waals surface area contributed by atoms with Gasteiger partial charge in [0.25, 0.3) is 0 Å². The maximum Gasteiger partial charge on any atom is 0.230 e. The van der Waals surface area contributed by atoms with Gasteiger partial charge in [-0.2, -0.15) is 4.98 Å². The number of nitrogens with zero attached hydrogens (tertiary/aromatic N) is 3. The van der Waals surface area contributed by atoms with Gasteiger partial charge in [-0.05, 0) is 68.3 Å². The zero-order chi connectivity index (χ0) is 18.5. The predicted molar refractivity (Wildman–Crippen MR) is 106 cm³/mol. The van der Waals surface area contributed by atoms with Crippen molar-refractivity contribution >= 4 is 11.9 Å². The van der Waals surface area contributed by atoms with E-state index < -0.39 is 0 Å². The third-order valence-corrected chi connectivity index (χ3v) is 4.83. The smallest absolute Gasteiger partial charge is 0.230 e. The monoisotopic (exact) mass is 361 g/mol. The first-order chi connectivity index (χ1) is 13.3. The summed E-state index contributed by atoms with van der Waals surface area (Å²) in [4.78, 5) is 8.89. The van der Waals surface area contributed by atoms with E-state index >= 15 is 0 Å². The number of aryl methyl sites for hydroxylation is 1. The van der Waals surface area contributed by atoms with Crippen molar-refractivity contribution in [2.75, 3.05) is 18.4 Å². The number of piperidine rings is 1. The molecule has 0 spiro atoms. The van der Waals surface area contributed by atoms with Crippen molar-refractivity contribution in [1.82, 2.24) is 20.4 Å². The fraction of sp³-hybridized carbons (Fsp3) is 0.286. The highest BCUT2D eigenvalue weighted by Gasteiger charge is 2.21. The largest absolute Gasteiger partial charge is 0.347 e. The Morgan fingerprint density at radius 2 is 2.07 bits per heavy atom. The molecule has 1 aliphatic heterocycles. The van der Waals surface area contributed by atoms with E-state index in [0.717, 1.165) is 48.8 Å². The molecule has 0 atom stereocenters. The summed E-state index contributed by atoms with van der Waals surface area (Å²) >= 11 is 0. The molecule has 4 rings (SSSR count). The first kappa shape index (κ1) is 17.4. The van der Waals surface area contributed by atoms with Gasteiger partial charge in [-0.3, -0.25) is 0 Å². The number of pyridine rings is 1.